The SMILES string of the molecule is CCc1cccc2c1N(C(=O)CSc1ccc3c(c1)OCCO3)CCC2. The van der Waals surface area contributed by atoms with Crippen LogP contribution in [0.25, 0.3) is 0 Å². The van der Waals surface area contributed by atoms with Crippen LogP contribution in [0.15, 0.2) is 41.3 Å². The molecular formula is C21H23NO3S. The van der Waals surface area contributed by atoms with Crippen LogP contribution in [0.1, 0.15) is 24.5 Å². The standard InChI is InChI=1S/C21H23NO3S/c1-2-15-5-3-6-16-7-4-10-22(21(15)16)20(23)14-26-17-8-9-18-19(13-17)25-12-11-24-18/h3,5-6,8-9,13H,2,4,7,10-12,14H2,1H3. The number of aryl methyl sites for hydroxylation is 2. The molecular weight excluding hydrogens is 346 g/mol. The maximum atomic E-state index is 12.9. The molecule has 5 heteroatoms. The normalized spacial score (nSPS) is 15.5. The number of thioether (sulfide) groups is 1. The van der Waals surface area contributed by atoms with E-state index in [1.807, 2.05) is 23.1 Å². The van der Waals surface area contributed by atoms with Crippen LogP contribution in [0.4, 0.5) is 5.69 Å². The topological polar surface area (TPSA) is 38.8 Å². The molecule has 2 aliphatic heterocycles. The first-order valence-corrected chi connectivity index (χ1v) is 10.2. The van der Waals surface area contributed by atoms with Gasteiger partial charge in [0.1, 0.15) is 13.2 Å². The lowest BCUT2D eigenvalue weighted by Gasteiger charge is -2.31. The largest absolute Gasteiger partial charge is 0.486 e. The zero-order valence-electron chi connectivity index (χ0n) is 15.0. The van der Waals surface area contributed by atoms with Gasteiger partial charge in [-0.25, -0.2) is 0 Å². The molecule has 0 fully saturated rings. The maximum Gasteiger partial charge on any atom is 0.237 e. The molecule has 0 bridgehead atoms. The Labute approximate surface area is 158 Å². The number of carbonyl (C=O) groups is 1. The van der Waals surface area contributed by atoms with Crippen molar-refractivity contribution < 1.29 is 14.3 Å². The van der Waals surface area contributed by atoms with Crippen LogP contribution in [0.2, 0.25) is 0 Å². The molecule has 136 valence electrons. The summed E-state index contributed by atoms with van der Waals surface area (Å²) in [6, 6.07) is 12.3. The lowest BCUT2D eigenvalue weighted by Crippen LogP contribution is -2.37. The maximum absolute atomic E-state index is 12.9. The van der Waals surface area contributed by atoms with Crippen molar-refractivity contribution >= 4 is 23.4 Å². The van der Waals surface area contributed by atoms with E-state index in [0.29, 0.717) is 19.0 Å². The second-order valence-electron chi connectivity index (χ2n) is 6.52. The minimum absolute atomic E-state index is 0.173. The summed E-state index contributed by atoms with van der Waals surface area (Å²) in [7, 11) is 0. The molecule has 0 N–H and O–H groups in total. The smallest absolute Gasteiger partial charge is 0.237 e. The molecule has 0 saturated heterocycles. The first kappa shape index (κ1) is 17.3. The Morgan fingerprint density at radius 1 is 1.15 bits per heavy atom. The number of anilines is 1. The van der Waals surface area contributed by atoms with Gasteiger partial charge in [-0.15, -0.1) is 11.8 Å². The number of ether oxygens (including phenoxy) is 2. The van der Waals surface area contributed by atoms with Gasteiger partial charge >= 0.3 is 0 Å². The highest BCUT2D eigenvalue weighted by molar-refractivity contribution is 8.00. The number of rotatable bonds is 4. The molecule has 0 radical (unpaired) electrons. The van der Waals surface area contributed by atoms with Gasteiger partial charge in [0.05, 0.1) is 11.4 Å². The summed E-state index contributed by atoms with van der Waals surface area (Å²) in [6.07, 6.45) is 3.03. The van der Waals surface area contributed by atoms with Crippen molar-refractivity contribution in [2.45, 2.75) is 31.1 Å². The second-order valence-corrected chi connectivity index (χ2v) is 7.57. The number of para-hydroxylation sites is 1. The number of nitrogens with zero attached hydrogens (tertiary/aromatic N) is 1. The highest BCUT2D eigenvalue weighted by Gasteiger charge is 2.24. The lowest BCUT2D eigenvalue weighted by molar-refractivity contribution is -0.116. The van der Waals surface area contributed by atoms with Gasteiger partial charge in [0.2, 0.25) is 5.91 Å². The van der Waals surface area contributed by atoms with E-state index in [1.165, 1.54) is 11.1 Å². The Kier molecular flexibility index (Phi) is 5.07. The average molecular weight is 369 g/mol. The van der Waals surface area contributed by atoms with Gasteiger partial charge in [-0.3, -0.25) is 4.79 Å². The van der Waals surface area contributed by atoms with Gasteiger partial charge in [0.15, 0.2) is 11.5 Å². The Morgan fingerprint density at radius 2 is 2.00 bits per heavy atom. The van der Waals surface area contributed by atoms with Crippen molar-refractivity contribution in [2.75, 3.05) is 30.4 Å². The van der Waals surface area contributed by atoms with Crippen LogP contribution in [0.5, 0.6) is 11.5 Å². The van der Waals surface area contributed by atoms with E-state index in [1.54, 1.807) is 11.8 Å². The molecule has 1 amide bonds. The molecule has 4 nitrogen and oxygen atoms in total. The predicted molar refractivity (Wildman–Crippen MR) is 105 cm³/mol. The molecule has 2 heterocycles. The van der Waals surface area contributed by atoms with Gasteiger partial charge in [0.25, 0.3) is 0 Å². The average Bonchev–Trinajstić information content (AvgIpc) is 2.70. The van der Waals surface area contributed by atoms with Gasteiger partial charge in [-0.05, 0) is 48.6 Å². The van der Waals surface area contributed by atoms with Crippen molar-refractivity contribution in [1.82, 2.24) is 0 Å². The molecule has 0 aliphatic carbocycles. The van der Waals surface area contributed by atoms with E-state index in [0.717, 1.165) is 47.9 Å². The third kappa shape index (κ3) is 3.40. The van der Waals surface area contributed by atoms with Crippen LogP contribution in [-0.4, -0.2) is 31.4 Å². The van der Waals surface area contributed by atoms with E-state index >= 15 is 0 Å². The summed E-state index contributed by atoms with van der Waals surface area (Å²) < 4.78 is 11.2. The zero-order chi connectivity index (χ0) is 17.9. The van der Waals surface area contributed by atoms with Crippen LogP contribution in [0.3, 0.4) is 0 Å². The van der Waals surface area contributed by atoms with Gasteiger partial charge in [0, 0.05) is 11.4 Å². The Hall–Kier alpha value is -2.14. The Balaban J connectivity index is 1.48. The van der Waals surface area contributed by atoms with Crippen LogP contribution < -0.4 is 14.4 Å². The minimum atomic E-state index is 0.173. The fourth-order valence-corrected chi connectivity index (χ4v) is 4.40. The summed E-state index contributed by atoms with van der Waals surface area (Å²) in [5.74, 6) is 2.15. The zero-order valence-corrected chi connectivity index (χ0v) is 15.8. The molecule has 0 saturated carbocycles. The van der Waals surface area contributed by atoms with Gasteiger partial charge < -0.3 is 14.4 Å². The van der Waals surface area contributed by atoms with Crippen molar-refractivity contribution in [3.05, 3.63) is 47.5 Å². The summed E-state index contributed by atoms with van der Waals surface area (Å²) in [5, 5.41) is 0. The fraction of sp³-hybridized carbons (Fsp3) is 0.381. The summed E-state index contributed by atoms with van der Waals surface area (Å²) >= 11 is 1.56. The number of amides is 1. The summed E-state index contributed by atoms with van der Waals surface area (Å²) in [5.41, 5.74) is 3.71. The predicted octanol–water partition coefficient (Wildman–Crippen LogP) is 4.09. The molecule has 2 aromatic rings. The van der Waals surface area contributed by atoms with Crippen molar-refractivity contribution in [1.29, 1.82) is 0 Å². The van der Waals surface area contributed by atoms with Crippen LogP contribution >= 0.6 is 11.8 Å². The van der Waals surface area contributed by atoms with E-state index in [2.05, 4.69) is 25.1 Å². The highest BCUT2D eigenvalue weighted by atomic mass is 32.2. The monoisotopic (exact) mass is 369 g/mol. The fourth-order valence-electron chi connectivity index (χ4n) is 3.60. The minimum Gasteiger partial charge on any atom is -0.486 e. The highest BCUT2D eigenvalue weighted by Crippen LogP contribution is 2.35. The van der Waals surface area contributed by atoms with Gasteiger partial charge in [-0.1, -0.05) is 25.1 Å². The third-order valence-electron chi connectivity index (χ3n) is 4.86. The second kappa shape index (κ2) is 7.62. The Morgan fingerprint density at radius 3 is 2.85 bits per heavy atom. The number of fused-ring (bicyclic) bond motifs is 2. The first-order chi connectivity index (χ1) is 12.8. The molecule has 0 aromatic heterocycles. The van der Waals surface area contributed by atoms with E-state index in [4.69, 9.17) is 9.47 Å². The third-order valence-corrected chi connectivity index (χ3v) is 5.84. The molecule has 2 aromatic carbocycles. The van der Waals surface area contributed by atoms with Crippen molar-refractivity contribution in [3.8, 4) is 11.5 Å². The molecule has 2 aliphatic rings. The molecule has 26 heavy (non-hydrogen) atoms. The molecule has 0 unspecified atom stereocenters. The molecule has 4 rings (SSSR count). The van der Waals surface area contributed by atoms with E-state index < -0.39 is 0 Å². The quantitative estimate of drug-likeness (QED) is 0.761. The Bertz CT molecular complexity index is 807. The lowest BCUT2D eigenvalue weighted by atomic mass is 9.96. The summed E-state index contributed by atoms with van der Waals surface area (Å²) in [6.45, 7) is 4.12. The molecule has 0 atom stereocenters. The first-order valence-electron chi connectivity index (χ1n) is 9.20. The van der Waals surface area contributed by atoms with E-state index in [9.17, 15) is 4.79 Å². The number of hydrogen-bond donors (Lipinski definition) is 0. The van der Waals surface area contributed by atoms with Crippen LogP contribution in [0, 0.1) is 0 Å². The number of carbonyl (C=O) groups excluding carboxylic acids is 1. The molecule has 0 spiro atoms. The van der Waals surface area contributed by atoms with Gasteiger partial charge in [-0.2, -0.15) is 0 Å². The number of benzene rings is 2. The van der Waals surface area contributed by atoms with Crippen LogP contribution in [-0.2, 0) is 17.6 Å². The van der Waals surface area contributed by atoms with Crippen molar-refractivity contribution in [3.63, 3.8) is 0 Å². The summed E-state index contributed by atoms with van der Waals surface area (Å²) in [4.78, 5) is 16.0. The van der Waals surface area contributed by atoms with E-state index in [-0.39, 0.29) is 5.91 Å². The number of hydrogen-bond acceptors (Lipinski definition) is 4. The van der Waals surface area contributed by atoms with Crippen molar-refractivity contribution in [2.24, 2.45) is 0 Å².